The fraction of sp³-hybridized carbons (Fsp3) is 0.231. The number of benzene rings is 2. The molecular weight excluding hydrogens is 496 g/mol. The summed E-state index contributed by atoms with van der Waals surface area (Å²) in [6.07, 6.45) is 1.59. The first-order chi connectivity index (χ1) is 17.9. The van der Waals surface area contributed by atoms with Crippen LogP contribution in [0, 0.1) is 0 Å². The first-order valence-corrected chi connectivity index (χ1v) is 12.1. The lowest BCUT2D eigenvalue weighted by Crippen LogP contribution is -2.32. The zero-order valence-electron chi connectivity index (χ0n) is 20.0. The predicted molar refractivity (Wildman–Crippen MR) is 134 cm³/mol. The molecule has 0 radical (unpaired) electrons. The Bertz CT molecular complexity index is 1740. The van der Waals surface area contributed by atoms with E-state index in [2.05, 4.69) is 35.2 Å². The number of hydrogen-bond donors (Lipinski definition) is 1. The summed E-state index contributed by atoms with van der Waals surface area (Å²) in [7, 11) is 1.99. The molecule has 1 atom stereocenters. The second kappa shape index (κ2) is 7.92. The van der Waals surface area contributed by atoms with E-state index in [1.165, 1.54) is 5.56 Å². The maximum absolute atomic E-state index is 11.3. The van der Waals surface area contributed by atoms with Crippen LogP contribution in [0.15, 0.2) is 58.0 Å². The molecule has 1 N–H and O–H groups in total. The third-order valence-electron chi connectivity index (χ3n) is 6.94. The van der Waals surface area contributed by atoms with Crippen LogP contribution in [-0.4, -0.2) is 29.6 Å². The number of imidazole rings is 1. The van der Waals surface area contributed by atoms with E-state index < -0.39 is 11.5 Å². The van der Waals surface area contributed by atoms with Crippen LogP contribution in [0.4, 0.5) is 0 Å². The van der Waals surface area contributed by atoms with Gasteiger partial charge >= 0.3 is 5.76 Å². The lowest BCUT2D eigenvalue weighted by molar-refractivity contribution is -0.0721. The minimum Gasteiger partial charge on any atom is -0.443 e. The van der Waals surface area contributed by atoms with Crippen molar-refractivity contribution in [3.63, 3.8) is 0 Å². The summed E-state index contributed by atoms with van der Waals surface area (Å²) in [5, 5.41) is 4.35. The van der Waals surface area contributed by atoms with E-state index in [-0.39, 0.29) is 0 Å². The third-order valence-corrected chi connectivity index (χ3v) is 7.17. The number of pyridine rings is 1. The molecule has 2 aliphatic heterocycles. The standard InChI is InChI=1S/C26H21ClN6O4/c1-26(21-8-5-16(27)10-28-21)35-20-7-4-15-11-33(12-17(15)23(20)36-26)13-22-29-18-6-3-14(9-19(18)32(22)2)24-30-25(34)37-31-24/h3-10H,11-13H2,1-2H3,(H,30,31,34). The molecule has 0 saturated heterocycles. The fourth-order valence-electron chi connectivity index (χ4n) is 5.05. The summed E-state index contributed by atoms with van der Waals surface area (Å²) < 4.78 is 19.3. The molecule has 3 aromatic heterocycles. The molecule has 1 unspecified atom stereocenters. The van der Waals surface area contributed by atoms with Crippen molar-refractivity contribution < 1.29 is 14.0 Å². The smallest absolute Gasteiger partial charge is 0.439 e. The summed E-state index contributed by atoms with van der Waals surface area (Å²) in [4.78, 5) is 25.5. The Labute approximate surface area is 215 Å². The van der Waals surface area contributed by atoms with Gasteiger partial charge < -0.3 is 14.0 Å². The van der Waals surface area contributed by atoms with Gasteiger partial charge in [0.2, 0.25) is 0 Å². The first-order valence-electron chi connectivity index (χ1n) is 11.8. The van der Waals surface area contributed by atoms with E-state index in [4.69, 9.17) is 26.1 Å². The van der Waals surface area contributed by atoms with E-state index in [9.17, 15) is 4.79 Å². The van der Waals surface area contributed by atoms with Gasteiger partial charge in [0.25, 0.3) is 5.79 Å². The van der Waals surface area contributed by atoms with Gasteiger partial charge in [-0.25, -0.2) is 9.78 Å². The van der Waals surface area contributed by atoms with Gasteiger partial charge in [-0.05, 0) is 42.0 Å². The second-order valence-electron chi connectivity index (χ2n) is 9.42. The highest BCUT2D eigenvalue weighted by Crippen LogP contribution is 2.48. The number of aromatic nitrogens is 5. The minimum absolute atomic E-state index is 0.390. The van der Waals surface area contributed by atoms with Gasteiger partial charge in [-0.2, -0.15) is 0 Å². The SMILES string of the molecule is Cn1c(CN2Cc3ccc4c(c3C2)OC(C)(c2ccc(Cl)cn2)O4)nc2ccc(-c3noc(=O)[nH]3)cc21. The van der Waals surface area contributed by atoms with Crippen molar-refractivity contribution in [1.82, 2.24) is 29.6 Å². The van der Waals surface area contributed by atoms with E-state index >= 15 is 0 Å². The van der Waals surface area contributed by atoms with E-state index in [0.717, 1.165) is 40.3 Å². The van der Waals surface area contributed by atoms with Crippen molar-refractivity contribution in [2.75, 3.05) is 0 Å². The van der Waals surface area contributed by atoms with Crippen LogP contribution in [0.2, 0.25) is 5.02 Å². The molecular formula is C26H21ClN6O4. The molecule has 10 nitrogen and oxygen atoms in total. The lowest BCUT2D eigenvalue weighted by Gasteiger charge is -2.22. The predicted octanol–water partition coefficient (Wildman–Crippen LogP) is 4.12. The number of nitrogens with zero attached hydrogens (tertiary/aromatic N) is 5. The molecule has 0 aliphatic carbocycles. The average molecular weight is 517 g/mol. The summed E-state index contributed by atoms with van der Waals surface area (Å²) in [5.74, 6) is 1.19. The highest BCUT2D eigenvalue weighted by Gasteiger charge is 2.42. The number of H-pyrrole nitrogens is 1. The zero-order valence-corrected chi connectivity index (χ0v) is 20.7. The van der Waals surface area contributed by atoms with Crippen LogP contribution in [0.1, 0.15) is 29.6 Å². The molecule has 186 valence electrons. The number of aryl methyl sites for hydroxylation is 1. The van der Waals surface area contributed by atoms with Crippen molar-refractivity contribution in [3.05, 3.63) is 86.9 Å². The van der Waals surface area contributed by atoms with Crippen LogP contribution < -0.4 is 15.2 Å². The van der Waals surface area contributed by atoms with Gasteiger partial charge in [-0.1, -0.05) is 22.8 Å². The average Bonchev–Trinajstić information content (AvgIpc) is 3.64. The number of ether oxygens (including phenoxy) is 2. The molecule has 0 spiro atoms. The molecule has 37 heavy (non-hydrogen) atoms. The van der Waals surface area contributed by atoms with Gasteiger partial charge in [-0.15, -0.1) is 0 Å². The topological polar surface area (TPSA) is 111 Å². The Kier molecular flexibility index (Phi) is 4.73. The largest absolute Gasteiger partial charge is 0.443 e. The number of nitrogens with one attached hydrogen (secondary N) is 1. The Morgan fingerprint density at radius 1 is 1.14 bits per heavy atom. The Hall–Kier alpha value is -4.15. The molecule has 0 amide bonds. The highest BCUT2D eigenvalue weighted by molar-refractivity contribution is 6.30. The van der Waals surface area contributed by atoms with E-state index in [0.29, 0.717) is 35.4 Å². The summed E-state index contributed by atoms with van der Waals surface area (Å²) in [6.45, 7) is 4.00. The number of aromatic amines is 1. The number of halogens is 1. The first kappa shape index (κ1) is 22.1. The Morgan fingerprint density at radius 2 is 2.03 bits per heavy atom. The van der Waals surface area contributed by atoms with Gasteiger partial charge in [0.1, 0.15) is 11.5 Å². The summed E-state index contributed by atoms with van der Waals surface area (Å²) >= 11 is 6.01. The Morgan fingerprint density at radius 3 is 2.81 bits per heavy atom. The van der Waals surface area contributed by atoms with Crippen molar-refractivity contribution in [1.29, 1.82) is 0 Å². The summed E-state index contributed by atoms with van der Waals surface area (Å²) in [5.41, 5.74) is 5.54. The fourth-order valence-corrected chi connectivity index (χ4v) is 5.16. The Balaban J connectivity index is 1.14. The zero-order chi connectivity index (χ0) is 25.3. The second-order valence-corrected chi connectivity index (χ2v) is 9.86. The normalized spacial score (nSPS) is 18.6. The third kappa shape index (κ3) is 3.59. The number of fused-ring (bicyclic) bond motifs is 4. The van der Waals surface area contributed by atoms with Crippen molar-refractivity contribution in [2.24, 2.45) is 7.05 Å². The van der Waals surface area contributed by atoms with Crippen molar-refractivity contribution in [3.8, 4) is 22.9 Å². The number of hydrogen-bond acceptors (Lipinski definition) is 8. The molecule has 0 fully saturated rings. The highest BCUT2D eigenvalue weighted by atomic mass is 35.5. The van der Waals surface area contributed by atoms with E-state index in [1.807, 2.05) is 44.3 Å². The lowest BCUT2D eigenvalue weighted by atomic mass is 10.1. The van der Waals surface area contributed by atoms with Gasteiger partial charge in [0, 0.05) is 44.4 Å². The monoisotopic (exact) mass is 516 g/mol. The van der Waals surface area contributed by atoms with E-state index in [1.54, 1.807) is 12.3 Å². The quantitative estimate of drug-likeness (QED) is 0.379. The minimum atomic E-state index is -1.02. The van der Waals surface area contributed by atoms with Gasteiger partial charge in [0.05, 0.1) is 22.6 Å². The number of rotatable bonds is 4. The van der Waals surface area contributed by atoms with Crippen LogP contribution in [0.3, 0.4) is 0 Å². The van der Waals surface area contributed by atoms with Crippen molar-refractivity contribution in [2.45, 2.75) is 32.3 Å². The van der Waals surface area contributed by atoms with Gasteiger partial charge in [0.15, 0.2) is 17.3 Å². The van der Waals surface area contributed by atoms with Gasteiger partial charge in [-0.3, -0.25) is 19.4 Å². The molecule has 2 aromatic carbocycles. The van der Waals surface area contributed by atoms with Crippen molar-refractivity contribution >= 4 is 22.6 Å². The van der Waals surface area contributed by atoms with Crippen LogP contribution in [0.25, 0.3) is 22.4 Å². The molecule has 7 rings (SSSR count). The molecule has 5 heterocycles. The maximum Gasteiger partial charge on any atom is 0.439 e. The maximum atomic E-state index is 11.3. The molecule has 2 aliphatic rings. The van der Waals surface area contributed by atoms with Crippen LogP contribution in [-0.2, 0) is 32.5 Å². The van der Waals surface area contributed by atoms with Crippen LogP contribution in [0.5, 0.6) is 11.5 Å². The van der Waals surface area contributed by atoms with Crippen LogP contribution >= 0.6 is 11.6 Å². The molecule has 11 heteroatoms. The molecule has 5 aromatic rings. The molecule has 0 saturated carbocycles. The molecule has 0 bridgehead atoms. The summed E-state index contributed by atoms with van der Waals surface area (Å²) in [6, 6.07) is 13.4.